The fourth-order valence-corrected chi connectivity index (χ4v) is 2.82. The van der Waals surface area contributed by atoms with Gasteiger partial charge in [0.25, 0.3) is 5.91 Å². The normalized spacial score (nSPS) is 12.9. The van der Waals surface area contributed by atoms with Crippen molar-refractivity contribution >= 4 is 29.5 Å². The van der Waals surface area contributed by atoms with Crippen LogP contribution in [0.25, 0.3) is 0 Å². The summed E-state index contributed by atoms with van der Waals surface area (Å²) in [5, 5.41) is 14.5. The zero-order valence-electron chi connectivity index (χ0n) is 14.9. The third kappa shape index (κ3) is 7.17. The van der Waals surface area contributed by atoms with Crippen molar-refractivity contribution in [2.45, 2.75) is 45.2 Å². The van der Waals surface area contributed by atoms with E-state index < -0.39 is 24.0 Å². The molecule has 0 heterocycles. The van der Waals surface area contributed by atoms with Crippen molar-refractivity contribution in [3.63, 3.8) is 0 Å². The smallest absolute Gasteiger partial charge is 0.326 e. The number of thioether (sulfide) groups is 1. The van der Waals surface area contributed by atoms with Crippen LogP contribution in [0, 0.1) is 6.92 Å². The lowest BCUT2D eigenvalue weighted by Crippen LogP contribution is -2.51. The fourth-order valence-electron chi connectivity index (χ4n) is 2.35. The number of aliphatic carboxylic acids is 1. The van der Waals surface area contributed by atoms with Gasteiger partial charge in [-0.2, -0.15) is 11.8 Å². The molecule has 0 fully saturated rings. The average molecular weight is 366 g/mol. The maximum Gasteiger partial charge on any atom is 0.326 e. The lowest BCUT2D eigenvalue weighted by atomic mass is 10.1. The van der Waals surface area contributed by atoms with E-state index in [0.717, 1.165) is 5.56 Å². The van der Waals surface area contributed by atoms with Gasteiger partial charge in [0.15, 0.2) is 0 Å². The molecule has 25 heavy (non-hydrogen) atoms. The van der Waals surface area contributed by atoms with Crippen LogP contribution in [-0.4, -0.2) is 47.0 Å². The quantitative estimate of drug-likeness (QED) is 0.590. The van der Waals surface area contributed by atoms with E-state index in [2.05, 4.69) is 10.6 Å². The molecule has 0 aliphatic carbocycles. The molecule has 0 aliphatic rings. The van der Waals surface area contributed by atoms with E-state index in [1.54, 1.807) is 30.0 Å². The third-order valence-electron chi connectivity index (χ3n) is 3.70. The summed E-state index contributed by atoms with van der Waals surface area (Å²) in [7, 11) is 0. The van der Waals surface area contributed by atoms with E-state index in [-0.39, 0.29) is 5.91 Å². The monoisotopic (exact) mass is 366 g/mol. The van der Waals surface area contributed by atoms with Crippen molar-refractivity contribution in [1.29, 1.82) is 0 Å². The Morgan fingerprint density at radius 3 is 2.44 bits per heavy atom. The molecular weight excluding hydrogens is 340 g/mol. The van der Waals surface area contributed by atoms with Gasteiger partial charge < -0.3 is 15.7 Å². The molecule has 0 aliphatic heterocycles. The van der Waals surface area contributed by atoms with Gasteiger partial charge in [0.05, 0.1) is 0 Å². The summed E-state index contributed by atoms with van der Waals surface area (Å²) in [6, 6.07) is 5.39. The van der Waals surface area contributed by atoms with Crippen molar-refractivity contribution in [3.05, 3.63) is 35.4 Å². The highest BCUT2D eigenvalue weighted by atomic mass is 32.2. The number of nitrogens with one attached hydrogen (secondary N) is 2. The van der Waals surface area contributed by atoms with Gasteiger partial charge in [-0.25, -0.2) is 4.79 Å². The number of hydrogen-bond acceptors (Lipinski definition) is 4. The van der Waals surface area contributed by atoms with Crippen LogP contribution in [0.2, 0.25) is 0 Å². The van der Waals surface area contributed by atoms with Gasteiger partial charge in [0.1, 0.15) is 12.1 Å². The SMILES string of the molecule is CCCC(NC(=O)C(CCSC)NC(=O)c1cccc(C)c1)C(=O)O. The Hall–Kier alpha value is -2.02. The second-order valence-electron chi connectivity index (χ2n) is 5.87. The first-order valence-corrected chi connectivity index (χ1v) is 9.68. The molecule has 0 bridgehead atoms. The molecule has 7 heteroatoms. The van der Waals surface area contributed by atoms with Crippen molar-refractivity contribution < 1.29 is 19.5 Å². The predicted molar refractivity (Wildman–Crippen MR) is 99.9 cm³/mol. The van der Waals surface area contributed by atoms with Gasteiger partial charge in [-0.1, -0.05) is 31.0 Å². The van der Waals surface area contributed by atoms with Gasteiger partial charge >= 0.3 is 5.97 Å². The number of carbonyl (C=O) groups excluding carboxylic acids is 2. The van der Waals surface area contributed by atoms with Crippen LogP contribution >= 0.6 is 11.8 Å². The lowest BCUT2D eigenvalue weighted by molar-refractivity contribution is -0.142. The van der Waals surface area contributed by atoms with Crippen molar-refractivity contribution in [2.75, 3.05) is 12.0 Å². The number of amides is 2. The standard InChI is InChI=1S/C18H26N2O4S/c1-4-6-15(18(23)24)20-17(22)14(9-10-25-3)19-16(21)13-8-5-7-12(2)11-13/h5,7-8,11,14-15H,4,6,9-10H2,1-3H3,(H,19,21)(H,20,22)(H,23,24). The summed E-state index contributed by atoms with van der Waals surface area (Å²) in [6.07, 6.45) is 3.34. The Morgan fingerprint density at radius 1 is 1.16 bits per heavy atom. The average Bonchev–Trinajstić information content (AvgIpc) is 2.57. The number of carboxylic acids is 1. The predicted octanol–water partition coefficient (Wildman–Crippen LogP) is 2.22. The molecule has 1 rings (SSSR count). The largest absolute Gasteiger partial charge is 0.480 e. The van der Waals surface area contributed by atoms with Gasteiger partial charge in [-0.15, -0.1) is 0 Å². The molecule has 0 spiro atoms. The maximum absolute atomic E-state index is 12.5. The zero-order chi connectivity index (χ0) is 18.8. The molecular formula is C18H26N2O4S. The lowest BCUT2D eigenvalue weighted by Gasteiger charge is -2.21. The topological polar surface area (TPSA) is 95.5 Å². The molecule has 0 radical (unpaired) electrons. The minimum atomic E-state index is -1.07. The molecule has 2 amide bonds. The fraction of sp³-hybridized carbons (Fsp3) is 0.500. The maximum atomic E-state index is 12.5. The first-order chi connectivity index (χ1) is 11.9. The minimum Gasteiger partial charge on any atom is -0.480 e. The number of carboxylic acid groups (broad SMARTS) is 1. The highest BCUT2D eigenvalue weighted by Gasteiger charge is 2.26. The van der Waals surface area contributed by atoms with E-state index in [1.807, 2.05) is 26.2 Å². The molecule has 1 aromatic rings. The Balaban J connectivity index is 2.82. The van der Waals surface area contributed by atoms with Crippen LogP contribution < -0.4 is 10.6 Å². The van der Waals surface area contributed by atoms with Gasteiger partial charge in [-0.3, -0.25) is 9.59 Å². The van der Waals surface area contributed by atoms with Crippen molar-refractivity contribution in [1.82, 2.24) is 10.6 Å². The number of rotatable bonds is 10. The molecule has 2 unspecified atom stereocenters. The molecule has 0 saturated carbocycles. The van der Waals surface area contributed by atoms with Crippen molar-refractivity contribution in [2.24, 2.45) is 0 Å². The van der Waals surface area contributed by atoms with Gasteiger partial charge in [-0.05, 0) is 43.9 Å². The number of aryl methyl sites for hydroxylation is 1. The summed E-state index contributed by atoms with van der Waals surface area (Å²) < 4.78 is 0. The zero-order valence-corrected chi connectivity index (χ0v) is 15.7. The Labute approximate surface area is 152 Å². The van der Waals surface area contributed by atoms with Gasteiger partial charge in [0, 0.05) is 5.56 Å². The number of benzene rings is 1. The number of hydrogen-bond donors (Lipinski definition) is 3. The second-order valence-corrected chi connectivity index (χ2v) is 6.85. The highest BCUT2D eigenvalue weighted by molar-refractivity contribution is 7.98. The summed E-state index contributed by atoms with van der Waals surface area (Å²) in [5.74, 6) is -1.19. The molecule has 3 N–H and O–H groups in total. The first-order valence-electron chi connectivity index (χ1n) is 8.28. The second kappa shape index (κ2) is 10.8. The summed E-state index contributed by atoms with van der Waals surface area (Å²) in [6.45, 7) is 3.74. The highest BCUT2D eigenvalue weighted by Crippen LogP contribution is 2.07. The van der Waals surface area contributed by atoms with Gasteiger partial charge in [0.2, 0.25) is 5.91 Å². The van der Waals surface area contributed by atoms with E-state index in [1.165, 1.54) is 0 Å². The Kier molecular flexibility index (Phi) is 9.05. The Bertz CT molecular complexity index is 606. The third-order valence-corrected chi connectivity index (χ3v) is 4.35. The Morgan fingerprint density at radius 2 is 1.88 bits per heavy atom. The molecule has 1 aromatic carbocycles. The van der Waals surface area contributed by atoms with Crippen LogP contribution in [0.15, 0.2) is 24.3 Å². The van der Waals surface area contributed by atoms with Crippen molar-refractivity contribution in [3.8, 4) is 0 Å². The molecule has 2 atom stereocenters. The molecule has 138 valence electrons. The minimum absolute atomic E-state index is 0.340. The van der Waals surface area contributed by atoms with Crippen LogP contribution in [0.1, 0.15) is 42.1 Å². The van der Waals surface area contributed by atoms with Crippen LogP contribution in [-0.2, 0) is 9.59 Å². The van der Waals surface area contributed by atoms with Crippen LogP contribution in [0.5, 0.6) is 0 Å². The first kappa shape index (κ1) is 21.0. The van der Waals surface area contributed by atoms with E-state index in [0.29, 0.717) is 30.6 Å². The van der Waals surface area contributed by atoms with Crippen LogP contribution in [0.4, 0.5) is 0 Å². The van der Waals surface area contributed by atoms with E-state index in [9.17, 15) is 19.5 Å². The molecule has 0 saturated heterocycles. The van der Waals surface area contributed by atoms with E-state index in [4.69, 9.17) is 0 Å². The van der Waals surface area contributed by atoms with E-state index >= 15 is 0 Å². The van der Waals surface area contributed by atoms with Crippen LogP contribution in [0.3, 0.4) is 0 Å². The molecule has 6 nitrogen and oxygen atoms in total. The summed E-state index contributed by atoms with van der Waals surface area (Å²) >= 11 is 1.56. The summed E-state index contributed by atoms with van der Waals surface area (Å²) in [4.78, 5) is 36.1. The molecule has 0 aromatic heterocycles. The summed E-state index contributed by atoms with van der Waals surface area (Å²) in [5.41, 5.74) is 1.43. The number of carbonyl (C=O) groups is 3.